The average Bonchev–Trinajstić information content (AvgIpc) is 2.07. The van der Waals surface area contributed by atoms with Gasteiger partial charge >= 0.3 is 0 Å². The van der Waals surface area contributed by atoms with E-state index in [-0.39, 0.29) is 5.41 Å². The first-order valence-electron chi connectivity index (χ1n) is 5.28. The van der Waals surface area contributed by atoms with Gasteiger partial charge in [-0.25, -0.2) is 0 Å². The van der Waals surface area contributed by atoms with Gasteiger partial charge in [-0.15, -0.1) is 0 Å². The van der Waals surface area contributed by atoms with E-state index in [0.717, 1.165) is 6.42 Å². The van der Waals surface area contributed by atoms with E-state index in [9.17, 15) is 4.79 Å². The predicted octanol–water partition coefficient (Wildman–Crippen LogP) is 3.35. The highest BCUT2D eigenvalue weighted by atomic mass is 16.1. The summed E-state index contributed by atoms with van der Waals surface area (Å²) in [5, 5.41) is 0. The Hall–Kier alpha value is -0.590. The van der Waals surface area contributed by atoms with Crippen molar-refractivity contribution >= 4 is 5.78 Å². The lowest BCUT2D eigenvalue weighted by atomic mass is 9.70. The smallest absolute Gasteiger partial charge is 0.155 e. The SMILES string of the molecule is CCCCC1CC(=O)C=CC1(C)C. The van der Waals surface area contributed by atoms with Gasteiger partial charge in [-0.2, -0.15) is 0 Å². The molecule has 1 atom stereocenters. The van der Waals surface area contributed by atoms with Crippen LogP contribution in [-0.4, -0.2) is 5.78 Å². The van der Waals surface area contributed by atoms with Crippen LogP contribution in [0, 0.1) is 11.3 Å². The summed E-state index contributed by atoms with van der Waals surface area (Å²) in [7, 11) is 0. The molecule has 0 bridgehead atoms. The fourth-order valence-electron chi connectivity index (χ4n) is 1.94. The highest BCUT2D eigenvalue weighted by Gasteiger charge is 2.30. The number of carbonyl (C=O) groups excluding carboxylic acids is 1. The van der Waals surface area contributed by atoms with Crippen LogP contribution in [-0.2, 0) is 4.79 Å². The van der Waals surface area contributed by atoms with Crippen molar-refractivity contribution in [3.8, 4) is 0 Å². The van der Waals surface area contributed by atoms with Gasteiger partial charge in [-0.05, 0) is 23.8 Å². The fourth-order valence-corrected chi connectivity index (χ4v) is 1.94. The quantitative estimate of drug-likeness (QED) is 0.651. The van der Waals surface area contributed by atoms with E-state index < -0.39 is 0 Å². The first-order valence-corrected chi connectivity index (χ1v) is 5.28. The van der Waals surface area contributed by atoms with Crippen LogP contribution in [0.5, 0.6) is 0 Å². The number of carbonyl (C=O) groups is 1. The maximum absolute atomic E-state index is 11.2. The molecule has 1 heteroatoms. The lowest BCUT2D eigenvalue weighted by molar-refractivity contribution is -0.117. The third-order valence-corrected chi connectivity index (χ3v) is 3.10. The average molecular weight is 180 g/mol. The first-order chi connectivity index (χ1) is 6.06. The Kier molecular flexibility index (Phi) is 3.29. The lowest BCUT2D eigenvalue weighted by Crippen LogP contribution is -2.27. The summed E-state index contributed by atoms with van der Waals surface area (Å²) in [6.07, 6.45) is 8.25. The molecule has 0 amide bonds. The van der Waals surface area contributed by atoms with Crippen molar-refractivity contribution in [2.45, 2.75) is 46.5 Å². The van der Waals surface area contributed by atoms with E-state index in [1.54, 1.807) is 6.08 Å². The second-order valence-corrected chi connectivity index (χ2v) is 4.66. The number of ketones is 1. The molecule has 0 N–H and O–H groups in total. The lowest BCUT2D eigenvalue weighted by Gasteiger charge is -2.34. The van der Waals surface area contributed by atoms with Crippen molar-refractivity contribution in [2.75, 3.05) is 0 Å². The molecule has 0 aromatic heterocycles. The molecule has 74 valence electrons. The molecule has 0 fully saturated rings. The van der Waals surface area contributed by atoms with E-state index >= 15 is 0 Å². The molecule has 0 spiro atoms. The van der Waals surface area contributed by atoms with E-state index in [1.165, 1.54) is 19.3 Å². The first kappa shape index (κ1) is 10.5. The standard InChI is InChI=1S/C12H20O/c1-4-5-6-10-9-11(13)7-8-12(10,2)3/h7-8,10H,4-6,9H2,1-3H3. The summed E-state index contributed by atoms with van der Waals surface area (Å²) in [4.78, 5) is 11.2. The maximum atomic E-state index is 11.2. The Morgan fingerprint density at radius 2 is 2.23 bits per heavy atom. The zero-order valence-corrected chi connectivity index (χ0v) is 8.97. The van der Waals surface area contributed by atoms with E-state index in [1.807, 2.05) is 0 Å². The molecule has 0 saturated carbocycles. The predicted molar refractivity (Wildman–Crippen MR) is 55.6 cm³/mol. The van der Waals surface area contributed by atoms with Gasteiger partial charge in [0.2, 0.25) is 0 Å². The van der Waals surface area contributed by atoms with Crippen LogP contribution in [0.4, 0.5) is 0 Å². The van der Waals surface area contributed by atoms with Crippen LogP contribution in [0.1, 0.15) is 46.5 Å². The van der Waals surface area contributed by atoms with Gasteiger partial charge in [0, 0.05) is 6.42 Å². The zero-order chi connectivity index (χ0) is 9.90. The molecule has 1 unspecified atom stereocenters. The topological polar surface area (TPSA) is 17.1 Å². The summed E-state index contributed by atoms with van der Waals surface area (Å²) >= 11 is 0. The van der Waals surface area contributed by atoms with Crippen molar-refractivity contribution in [2.24, 2.45) is 11.3 Å². The molecule has 0 aliphatic heterocycles. The molecule has 0 saturated heterocycles. The van der Waals surface area contributed by atoms with Crippen molar-refractivity contribution in [1.29, 1.82) is 0 Å². The normalized spacial score (nSPS) is 26.4. The molecule has 13 heavy (non-hydrogen) atoms. The van der Waals surface area contributed by atoms with Crippen LogP contribution >= 0.6 is 0 Å². The van der Waals surface area contributed by atoms with Crippen molar-refractivity contribution < 1.29 is 4.79 Å². The van der Waals surface area contributed by atoms with Crippen LogP contribution in [0.25, 0.3) is 0 Å². The summed E-state index contributed by atoms with van der Waals surface area (Å²) in [6, 6.07) is 0. The second-order valence-electron chi connectivity index (χ2n) is 4.66. The summed E-state index contributed by atoms with van der Waals surface area (Å²) in [5.74, 6) is 0.866. The number of unbranched alkanes of at least 4 members (excludes halogenated alkanes) is 1. The maximum Gasteiger partial charge on any atom is 0.155 e. The largest absolute Gasteiger partial charge is 0.295 e. The minimum Gasteiger partial charge on any atom is -0.295 e. The van der Waals surface area contributed by atoms with E-state index in [2.05, 4.69) is 26.8 Å². The molecule has 1 aliphatic rings. The van der Waals surface area contributed by atoms with Gasteiger partial charge in [0.15, 0.2) is 5.78 Å². The third kappa shape index (κ3) is 2.68. The molecule has 0 heterocycles. The van der Waals surface area contributed by atoms with Crippen molar-refractivity contribution in [3.63, 3.8) is 0 Å². The Morgan fingerprint density at radius 1 is 1.54 bits per heavy atom. The molecule has 1 aliphatic carbocycles. The minimum absolute atomic E-state index is 0.225. The Bertz CT molecular complexity index is 213. The van der Waals surface area contributed by atoms with Gasteiger partial charge in [-0.3, -0.25) is 4.79 Å². The third-order valence-electron chi connectivity index (χ3n) is 3.10. The second kappa shape index (κ2) is 4.08. The van der Waals surface area contributed by atoms with Crippen LogP contribution in [0.3, 0.4) is 0 Å². The molecule has 0 aromatic carbocycles. The Balaban J connectivity index is 2.61. The summed E-state index contributed by atoms with van der Waals surface area (Å²) in [6.45, 7) is 6.67. The van der Waals surface area contributed by atoms with Crippen LogP contribution in [0.15, 0.2) is 12.2 Å². The number of hydrogen-bond donors (Lipinski definition) is 0. The van der Waals surface area contributed by atoms with Gasteiger partial charge in [0.1, 0.15) is 0 Å². The summed E-state index contributed by atoms with van der Waals surface area (Å²) < 4.78 is 0. The molecule has 0 radical (unpaired) electrons. The highest BCUT2D eigenvalue weighted by Crippen LogP contribution is 2.37. The van der Waals surface area contributed by atoms with Crippen molar-refractivity contribution in [3.05, 3.63) is 12.2 Å². The number of allylic oxidation sites excluding steroid dienone is 2. The Morgan fingerprint density at radius 3 is 2.85 bits per heavy atom. The van der Waals surface area contributed by atoms with Gasteiger partial charge in [0.05, 0.1) is 0 Å². The molecule has 1 rings (SSSR count). The van der Waals surface area contributed by atoms with Gasteiger partial charge in [-0.1, -0.05) is 39.7 Å². The van der Waals surface area contributed by atoms with Gasteiger partial charge in [0.25, 0.3) is 0 Å². The highest BCUT2D eigenvalue weighted by molar-refractivity contribution is 5.90. The van der Waals surface area contributed by atoms with E-state index in [0.29, 0.717) is 11.7 Å². The van der Waals surface area contributed by atoms with Crippen molar-refractivity contribution in [1.82, 2.24) is 0 Å². The number of rotatable bonds is 3. The zero-order valence-electron chi connectivity index (χ0n) is 8.97. The summed E-state index contributed by atoms with van der Waals surface area (Å²) in [5.41, 5.74) is 0.225. The minimum atomic E-state index is 0.225. The number of hydrogen-bond acceptors (Lipinski definition) is 1. The molecular weight excluding hydrogens is 160 g/mol. The van der Waals surface area contributed by atoms with Crippen LogP contribution in [0.2, 0.25) is 0 Å². The monoisotopic (exact) mass is 180 g/mol. The van der Waals surface area contributed by atoms with Gasteiger partial charge < -0.3 is 0 Å². The van der Waals surface area contributed by atoms with E-state index in [4.69, 9.17) is 0 Å². The fraction of sp³-hybridized carbons (Fsp3) is 0.750. The van der Waals surface area contributed by atoms with Crippen LogP contribution < -0.4 is 0 Å². The Labute approximate surface area is 81.2 Å². The molecular formula is C12H20O. The molecule has 1 nitrogen and oxygen atoms in total. The molecule has 0 aromatic rings.